The van der Waals surface area contributed by atoms with Crippen LogP contribution in [0.4, 0.5) is 5.69 Å². The summed E-state index contributed by atoms with van der Waals surface area (Å²) in [6.45, 7) is 4.14. The van der Waals surface area contributed by atoms with Crippen LogP contribution < -0.4 is 5.32 Å². The standard InChI is InChI=1S/C14H14ClIN2/c1-9-7-8-17-14(15)13(9)18-10(2)11-3-5-12(16)6-4-11/h3-8,10,18H,1-2H3. The first-order chi connectivity index (χ1) is 8.58. The van der Waals surface area contributed by atoms with Crippen LogP contribution >= 0.6 is 34.2 Å². The van der Waals surface area contributed by atoms with Crippen molar-refractivity contribution in [1.29, 1.82) is 0 Å². The molecule has 2 nitrogen and oxygen atoms in total. The number of pyridine rings is 1. The molecule has 2 rings (SSSR count). The van der Waals surface area contributed by atoms with E-state index in [2.05, 4.69) is 64.1 Å². The Morgan fingerprint density at radius 3 is 2.50 bits per heavy atom. The molecular formula is C14H14ClIN2. The lowest BCUT2D eigenvalue weighted by Gasteiger charge is -2.18. The number of hydrogen-bond donors (Lipinski definition) is 1. The van der Waals surface area contributed by atoms with Crippen molar-refractivity contribution >= 4 is 39.9 Å². The van der Waals surface area contributed by atoms with E-state index in [1.165, 1.54) is 9.13 Å². The predicted molar refractivity (Wildman–Crippen MR) is 85.2 cm³/mol. The maximum atomic E-state index is 6.11. The summed E-state index contributed by atoms with van der Waals surface area (Å²) in [7, 11) is 0. The summed E-state index contributed by atoms with van der Waals surface area (Å²) in [5.74, 6) is 0. The van der Waals surface area contributed by atoms with E-state index < -0.39 is 0 Å². The number of halogens is 2. The number of aryl methyl sites for hydroxylation is 1. The van der Waals surface area contributed by atoms with Gasteiger partial charge in [0, 0.05) is 15.8 Å². The van der Waals surface area contributed by atoms with Crippen molar-refractivity contribution < 1.29 is 0 Å². The first kappa shape index (κ1) is 13.6. The number of nitrogens with one attached hydrogen (secondary N) is 1. The van der Waals surface area contributed by atoms with Gasteiger partial charge in [-0.25, -0.2) is 4.98 Å². The van der Waals surface area contributed by atoms with E-state index in [1.54, 1.807) is 6.20 Å². The van der Waals surface area contributed by atoms with Crippen LogP contribution in [0.3, 0.4) is 0 Å². The molecule has 1 unspecified atom stereocenters. The van der Waals surface area contributed by atoms with Gasteiger partial charge in [0.15, 0.2) is 5.15 Å². The molecule has 0 bridgehead atoms. The van der Waals surface area contributed by atoms with Crippen LogP contribution in [-0.2, 0) is 0 Å². The van der Waals surface area contributed by atoms with E-state index in [9.17, 15) is 0 Å². The average Bonchev–Trinajstić information content (AvgIpc) is 2.34. The van der Waals surface area contributed by atoms with Crippen LogP contribution in [0.15, 0.2) is 36.5 Å². The highest BCUT2D eigenvalue weighted by Gasteiger charge is 2.10. The monoisotopic (exact) mass is 372 g/mol. The number of nitrogens with zero attached hydrogens (tertiary/aromatic N) is 1. The Morgan fingerprint density at radius 2 is 1.89 bits per heavy atom. The van der Waals surface area contributed by atoms with Crippen molar-refractivity contribution in [1.82, 2.24) is 4.98 Å². The van der Waals surface area contributed by atoms with Gasteiger partial charge in [-0.05, 0) is 65.8 Å². The lowest BCUT2D eigenvalue weighted by Crippen LogP contribution is -2.08. The summed E-state index contributed by atoms with van der Waals surface area (Å²) in [6, 6.07) is 10.6. The first-order valence-electron chi connectivity index (χ1n) is 5.71. The van der Waals surface area contributed by atoms with Crippen LogP contribution in [0.25, 0.3) is 0 Å². The summed E-state index contributed by atoms with van der Waals surface area (Å²) < 4.78 is 1.24. The van der Waals surface area contributed by atoms with Gasteiger partial charge in [-0.2, -0.15) is 0 Å². The van der Waals surface area contributed by atoms with E-state index >= 15 is 0 Å². The lowest BCUT2D eigenvalue weighted by molar-refractivity contribution is 0.880. The van der Waals surface area contributed by atoms with Crippen molar-refractivity contribution in [2.24, 2.45) is 0 Å². The zero-order valence-corrected chi connectivity index (χ0v) is 13.2. The second-order valence-corrected chi connectivity index (χ2v) is 5.81. The zero-order valence-electron chi connectivity index (χ0n) is 10.2. The van der Waals surface area contributed by atoms with Crippen molar-refractivity contribution in [3.05, 3.63) is 56.4 Å². The number of rotatable bonds is 3. The van der Waals surface area contributed by atoms with Gasteiger partial charge in [0.1, 0.15) is 0 Å². The van der Waals surface area contributed by atoms with Gasteiger partial charge in [0.25, 0.3) is 0 Å². The van der Waals surface area contributed by atoms with Crippen LogP contribution in [-0.4, -0.2) is 4.98 Å². The van der Waals surface area contributed by atoms with Crippen LogP contribution in [0, 0.1) is 10.5 Å². The van der Waals surface area contributed by atoms with Gasteiger partial charge in [-0.1, -0.05) is 23.7 Å². The van der Waals surface area contributed by atoms with Gasteiger partial charge in [-0.3, -0.25) is 0 Å². The second kappa shape index (κ2) is 5.89. The number of hydrogen-bond acceptors (Lipinski definition) is 2. The second-order valence-electron chi connectivity index (χ2n) is 4.21. The highest BCUT2D eigenvalue weighted by molar-refractivity contribution is 14.1. The molecule has 1 aromatic heterocycles. The fourth-order valence-electron chi connectivity index (χ4n) is 1.75. The minimum Gasteiger partial charge on any atom is -0.376 e. The molecule has 1 N–H and O–H groups in total. The van der Waals surface area contributed by atoms with E-state index in [1.807, 2.05) is 13.0 Å². The molecule has 0 spiro atoms. The Labute approximate surface area is 126 Å². The lowest BCUT2D eigenvalue weighted by atomic mass is 10.1. The SMILES string of the molecule is Cc1ccnc(Cl)c1NC(C)c1ccc(I)cc1. The minimum absolute atomic E-state index is 0.197. The molecule has 0 aliphatic heterocycles. The molecular weight excluding hydrogens is 359 g/mol. The maximum absolute atomic E-state index is 6.11. The zero-order chi connectivity index (χ0) is 13.1. The largest absolute Gasteiger partial charge is 0.376 e. The smallest absolute Gasteiger partial charge is 0.152 e. The fraction of sp³-hybridized carbons (Fsp3) is 0.214. The minimum atomic E-state index is 0.197. The first-order valence-corrected chi connectivity index (χ1v) is 7.16. The molecule has 0 saturated heterocycles. The molecule has 0 aliphatic carbocycles. The highest BCUT2D eigenvalue weighted by atomic mass is 127. The molecule has 18 heavy (non-hydrogen) atoms. The summed E-state index contributed by atoms with van der Waals surface area (Å²) in [5.41, 5.74) is 3.24. The van der Waals surface area contributed by atoms with Crippen molar-refractivity contribution in [2.75, 3.05) is 5.32 Å². The summed E-state index contributed by atoms with van der Waals surface area (Å²) in [5, 5.41) is 3.94. The molecule has 4 heteroatoms. The molecule has 0 saturated carbocycles. The Balaban J connectivity index is 2.21. The van der Waals surface area contributed by atoms with E-state index in [0.29, 0.717) is 5.15 Å². The Kier molecular flexibility index (Phi) is 4.45. The molecule has 0 fully saturated rings. The van der Waals surface area contributed by atoms with Crippen molar-refractivity contribution in [2.45, 2.75) is 19.9 Å². The van der Waals surface area contributed by atoms with Gasteiger partial charge in [0.05, 0.1) is 5.69 Å². The summed E-state index contributed by atoms with van der Waals surface area (Å²) in [6.07, 6.45) is 1.72. The third-order valence-corrected chi connectivity index (χ3v) is 3.85. The normalized spacial score (nSPS) is 12.2. The predicted octanol–water partition coefficient (Wildman–Crippen LogP) is 4.82. The molecule has 1 atom stereocenters. The van der Waals surface area contributed by atoms with E-state index in [0.717, 1.165) is 11.3 Å². The van der Waals surface area contributed by atoms with E-state index in [4.69, 9.17) is 11.6 Å². The topological polar surface area (TPSA) is 24.9 Å². The van der Waals surface area contributed by atoms with Crippen LogP contribution in [0.2, 0.25) is 5.15 Å². The van der Waals surface area contributed by atoms with Crippen molar-refractivity contribution in [3.63, 3.8) is 0 Å². The van der Waals surface area contributed by atoms with E-state index in [-0.39, 0.29) is 6.04 Å². The average molecular weight is 373 g/mol. The maximum Gasteiger partial charge on any atom is 0.152 e. The Bertz CT molecular complexity index is 520. The number of aromatic nitrogens is 1. The third-order valence-electron chi connectivity index (χ3n) is 2.84. The van der Waals surface area contributed by atoms with Crippen LogP contribution in [0.5, 0.6) is 0 Å². The summed E-state index contributed by atoms with van der Waals surface area (Å²) in [4.78, 5) is 4.10. The van der Waals surface area contributed by atoms with Gasteiger partial charge in [-0.15, -0.1) is 0 Å². The molecule has 1 aromatic carbocycles. The Hall–Kier alpha value is -0.810. The van der Waals surface area contributed by atoms with Gasteiger partial charge in [0.2, 0.25) is 0 Å². The van der Waals surface area contributed by atoms with Crippen LogP contribution in [0.1, 0.15) is 24.1 Å². The summed E-state index contributed by atoms with van der Waals surface area (Å²) >= 11 is 8.41. The Morgan fingerprint density at radius 1 is 1.22 bits per heavy atom. The van der Waals surface area contributed by atoms with Gasteiger partial charge < -0.3 is 5.32 Å². The quantitative estimate of drug-likeness (QED) is 0.617. The highest BCUT2D eigenvalue weighted by Crippen LogP contribution is 2.27. The molecule has 1 heterocycles. The molecule has 0 radical (unpaired) electrons. The van der Waals surface area contributed by atoms with Crippen molar-refractivity contribution in [3.8, 4) is 0 Å². The number of anilines is 1. The molecule has 94 valence electrons. The number of benzene rings is 1. The molecule has 2 aromatic rings. The fourth-order valence-corrected chi connectivity index (χ4v) is 2.37. The molecule has 0 amide bonds. The third kappa shape index (κ3) is 3.14. The molecule has 0 aliphatic rings. The van der Waals surface area contributed by atoms with Gasteiger partial charge >= 0.3 is 0 Å².